The molecular weight excluding hydrogens is 216 g/mol. The maximum atomic E-state index is 11.4. The zero-order chi connectivity index (χ0) is 13.2. The molecule has 3 atom stereocenters. The van der Waals surface area contributed by atoms with Gasteiger partial charge in [-0.1, -0.05) is 13.8 Å². The van der Waals surface area contributed by atoms with E-state index >= 15 is 0 Å². The summed E-state index contributed by atoms with van der Waals surface area (Å²) < 4.78 is 0. The Morgan fingerprint density at radius 2 is 1.88 bits per heavy atom. The molecule has 1 aliphatic rings. The summed E-state index contributed by atoms with van der Waals surface area (Å²) in [6.45, 7) is 12.8. The summed E-state index contributed by atoms with van der Waals surface area (Å²) in [5.74, 6) is 0.553. The van der Waals surface area contributed by atoms with E-state index in [-0.39, 0.29) is 6.04 Å². The first kappa shape index (κ1) is 14.5. The van der Waals surface area contributed by atoms with E-state index in [0.29, 0.717) is 18.4 Å². The average molecular weight is 242 g/mol. The van der Waals surface area contributed by atoms with Gasteiger partial charge in [0.15, 0.2) is 0 Å². The zero-order valence-corrected chi connectivity index (χ0v) is 11.7. The lowest BCUT2D eigenvalue weighted by molar-refractivity contribution is -0.145. The lowest BCUT2D eigenvalue weighted by atomic mass is 10.0. The lowest BCUT2D eigenvalue weighted by Gasteiger charge is -2.32. The van der Waals surface area contributed by atoms with Crippen LogP contribution in [0.4, 0.5) is 0 Å². The Balaban J connectivity index is 2.65. The minimum atomic E-state index is -0.849. The molecule has 2 N–H and O–H groups in total. The predicted octanol–water partition coefficient (Wildman–Crippen LogP) is 1.42. The highest BCUT2D eigenvalue weighted by molar-refractivity contribution is 5.78. The van der Waals surface area contributed by atoms with Crippen molar-refractivity contribution in [3.63, 3.8) is 0 Å². The molecule has 0 aliphatic carbocycles. The summed E-state index contributed by atoms with van der Waals surface area (Å²) in [4.78, 5) is 13.7. The van der Waals surface area contributed by atoms with Crippen molar-refractivity contribution in [2.45, 2.75) is 46.2 Å². The Bertz CT molecular complexity index is 271. The van der Waals surface area contributed by atoms with Crippen molar-refractivity contribution in [2.75, 3.05) is 19.6 Å². The van der Waals surface area contributed by atoms with Gasteiger partial charge in [-0.15, -0.1) is 0 Å². The normalized spacial score (nSPS) is 29.5. The molecule has 100 valence electrons. The molecule has 0 radical (unpaired) electrons. The molecule has 4 heteroatoms. The number of rotatable bonds is 5. The smallest absolute Gasteiger partial charge is 0.324 e. The number of carboxylic acids is 1. The molecule has 0 saturated carbocycles. The number of hydrogen-bond acceptors (Lipinski definition) is 3. The van der Waals surface area contributed by atoms with Crippen LogP contribution in [0.1, 0.15) is 34.6 Å². The molecule has 1 aliphatic heterocycles. The molecule has 0 spiro atoms. The largest absolute Gasteiger partial charge is 0.480 e. The molecule has 3 unspecified atom stereocenters. The van der Waals surface area contributed by atoms with Gasteiger partial charge in [-0.25, -0.2) is 0 Å². The summed E-state index contributed by atoms with van der Waals surface area (Å²) in [6, 6.07) is 0.175. The number of likely N-dealkylation sites (tertiary alicyclic amines) is 1. The number of hydrogen-bond donors (Lipinski definition) is 2. The summed E-state index contributed by atoms with van der Waals surface area (Å²) >= 11 is 0. The van der Waals surface area contributed by atoms with Crippen LogP contribution in [0.2, 0.25) is 0 Å². The van der Waals surface area contributed by atoms with E-state index in [4.69, 9.17) is 0 Å². The molecule has 0 aromatic heterocycles. The van der Waals surface area contributed by atoms with Gasteiger partial charge in [-0.2, -0.15) is 0 Å². The quantitative estimate of drug-likeness (QED) is 0.765. The van der Waals surface area contributed by atoms with Crippen LogP contribution >= 0.6 is 0 Å². The van der Waals surface area contributed by atoms with Gasteiger partial charge >= 0.3 is 5.97 Å². The van der Waals surface area contributed by atoms with Crippen LogP contribution in [0.15, 0.2) is 0 Å². The second kappa shape index (κ2) is 5.36. The molecule has 0 bridgehead atoms. The highest BCUT2D eigenvalue weighted by atomic mass is 16.4. The van der Waals surface area contributed by atoms with Crippen LogP contribution in [0.3, 0.4) is 0 Å². The molecule has 0 aromatic carbocycles. The van der Waals surface area contributed by atoms with Gasteiger partial charge in [0.1, 0.15) is 5.54 Å². The second-order valence-corrected chi connectivity index (χ2v) is 6.08. The first-order valence-electron chi connectivity index (χ1n) is 6.48. The van der Waals surface area contributed by atoms with E-state index in [0.717, 1.165) is 13.1 Å². The summed E-state index contributed by atoms with van der Waals surface area (Å²) in [5.41, 5.74) is -0.849. The summed E-state index contributed by atoms with van der Waals surface area (Å²) in [5, 5.41) is 12.6. The van der Waals surface area contributed by atoms with Gasteiger partial charge in [0.2, 0.25) is 0 Å². The van der Waals surface area contributed by atoms with Crippen LogP contribution < -0.4 is 5.32 Å². The third kappa shape index (κ3) is 3.68. The minimum absolute atomic E-state index is 0.175. The Morgan fingerprint density at radius 3 is 2.24 bits per heavy atom. The van der Waals surface area contributed by atoms with Crippen molar-refractivity contribution in [2.24, 2.45) is 11.8 Å². The number of nitrogens with zero attached hydrogens (tertiary/aromatic N) is 1. The average Bonchev–Trinajstić information content (AvgIpc) is 2.43. The molecule has 1 fully saturated rings. The fraction of sp³-hybridized carbons (Fsp3) is 0.923. The van der Waals surface area contributed by atoms with E-state index in [2.05, 4.69) is 24.1 Å². The number of carboxylic acid groups (broad SMARTS) is 1. The van der Waals surface area contributed by atoms with Crippen molar-refractivity contribution in [3.05, 3.63) is 0 Å². The molecule has 0 amide bonds. The molecule has 1 heterocycles. The first-order valence-corrected chi connectivity index (χ1v) is 6.48. The van der Waals surface area contributed by atoms with Gasteiger partial charge in [0, 0.05) is 25.7 Å². The summed E-state index contributed by atoms with van der Waals surface area (Å²) in [6.07, 6.45) is 0. The molecule has 4 nitrogen and oxygen atoms in total. The monoisotopic (exact) mass is 242 g/mol. The molecule has 1 saturated heterocycles. The van der Waals surface area contributed by atoms with Crippen molar-refractivity contribution in [1.82, 2.24) is 10.2 Å². The Labute approximate surface area is 104 Å². The highest BCUT2D eigenvalue weighted by Gasteiger charge is 2.38. The third-order valence-corrected chi connectivity index (χ3v) is 3.68. The molecule has 0 aromatic rings. The number of aliphatic carboxylic acids is 1. The van der Waals surface area contributed by atoms with E-state index in [9.17, 15) is 9.90 Å². The topological polar surface area (TPSA) is 52.6 Å². The standard InChI is InChI=1S/C13H26N2O2/c1-9(2)14-13(5,12(16)17)8-15-6-10(3)11(4)7-15/h9-11,14H,6-8H2,1-5H3,(H,16,17). The SMILES string of the molecule is CC(C)NC(C)(CN1CC(C)C(C)C1)C(=O)O. The number of nitrogens with one attached hydrogen (secondary N) is 1. The van der Waals surface area contributed by atoms with Crippen molar-refractivity contribution in [3.8, 4) is 0 Å². The Kier molecular flexibility index (Phi) is 4.55. The Hall–Kier alpha value is -0.610. The van der Waals surface area contributed by atoms with Crippen LogP contribution in [0, 0.1) is 11.8 Å². The lowest BCUT2D eigenvalue weighted by Crippen LogP contribution is -2.58. The van der Waals surface area contributed by atoms with Gasteiger partial charge < -0.3 is 10.0 Å². The van der Waals surface area contributed by atoms with Crippen LogP contribution in [-0.4, -0.2) is 47.2 Å². The van der Waals surface area contributed by atoms with E-state index < -0.39 is 11.5 Å². The van der Waals surface area contributed by atoms with Crippen molar-refractivity contribution < 1.29 is 9.90 Å². The Morgan fingerprint density at radius 1 is 1.41 bits per heavy atom. The van der Waals surface area contributed by atoms with Crippen LogP contribution in [-0.2, 0) is 4.79 Å². The second-order valence-electron chi connectivity index (χ2n) is 6.08. The molecule has 1 rings (SSSR count). The zero-order valence-electron chi connectivity index (χ0n) is 11.7. The van der Waals surface area contributed by atoms with Gasteiger partial charge in [-0.05, 0) is 32.6 Å². The van der Waals surface area contributed by atoms with Crippen LogP contribution in [0.25, 0.3) is 0 Å². The van der Waals surface area contributed by atoms with Gasteiger partial charge in [-0.3, -0.25) is 10.1 Å². The van der Waals surface area contributed by atoms with Crippen LogP contribution in [0.5, 0.6) is 0 Å². The van der Waals surface area contributed by atoms with E-state index in [1.165, 1.54) is 0 Å². The minimum Gasteiger partial charge on any atom is -0.480 e. The first-order chi connectivity index (χ1) is 7.74. The fourth-order valence-electron chi connectivity index (χ4n) is 2.64. The number of carbonyl (C=O) groups is 1. The van der Waals surface area contributed by atoms with E-state index in [1.54, 1.807) is 6.92 Å². The van der Waals surface area contributed by atoms with Gasteiger partial charge in [0.05, 0.1) is 0 Å². The maximum absolute atomic E-state index is 11.4. The van der Waals surface area contributed by atoms with Crippen molar-refractivity contribution in [1.29, 1.82) is 0 Å². The summed E-state index contributed by atoms with van der Waals surface area (Å²) in [7, 11) is 0. The molecular formula is C13H26N2O2. The fourth-order valence-corrected chi connectivity index (χ4v) is 2.64. The third-order valence-electron chi connectivity index (χ3n) is 3.68. The predicted molar refractivity (Wildman–Crippen MR) is 69.1 cm³/mol. The van der Waals surface area contributed by atoms with Crippen molar-refractivity contribution >= 4 is 5.97 Å². The molecule has 17 heavy (non-hydrogen) atoms. The maximum Gasteiger partial charge on any atom is 0.324 e. The van der Waals surface area contributed by atoms with Gasteiger partial charge in [0.25, 0.3) is 0 Å². The van der Waals surface area contributed by atoms with E-state index in [1.807, 2.05) is 13.8 Å². The highest BCUT2D eigenvalue weighted by Crippen LogP contribution is 2.23.